The van der Waals surface area contributed by atoms with Gasteiger partial charge in [-0.05, 0) is 36.8 Å². The molecule has 0 aliphatic carbocycles. The second-order valence-corrected chi connectivity index (χ2v) is 7.56. The second-order valence-electron chi connectivity index (χ2n) is 5.23. The fourth-order valence-electron chi connectivity index (χ4n) is 2.49. The van der Waals surface area contributed by atoms with Gasteiger partial charge < -0.3 is 5.11 Å². The van der Waals surface area contributed by atoms with Crippen molar-refractivity contribution in [3.05, 3.63) is 23.5 Å². The number of sulfonamides is 1. The van der Waals surface area contributed by atoms with Crippen LogP contribution >= 0.6 is 11.6 Å². The van der Waals surface area contributed by atoms with Gasteiger partial charge in [0.1, 0.15) is 10.0 Å². The van der Waals surface area contributed by atoms with Crippen LogP contribution in [0.5, 0.6) is 0 Å². The van der Waals surface area contributed by atoms with Gasteiger partial charge in [0.25, 0.3) is 0 Å². The van der Waals surface area contributed by atoms with Gasteiger partial charge in [0.2, 0.25) is 10.0 Å². The van der Waals surface area contributed by atoms with Crippen LogP contribution in [-0.2, 0) is 10.0 Å². The summed E-state index contributed by atoms with van der Waals surface area (Å²) in [7, 11) is -3.51. The number of piperidine rings is 1. The van der Waals surface area contributed by atoms with E-state index in [0.29, 0.717) is 25.9 Å². The maximum absolute atomic E-state index is 12.5. The number of aliphatic hydroxyl groups is 1. The molecule has 1 aliphatic rings. The Morgan fingerprint density at radius 2 is 2.05 bits per heavy atom. The van der Waals surface area contributed by atoms with Gasteiger partial charge in [-0.2, -0.15) is 4.31 Å². The Balaban J connectivity index is 2.15. The average Bonchev–Trinajstić information content (AvgIpc) is 2.47. The highest BCUT2D eigenvalue weighted by Crippen LogP contribution is 2.35. The molecule has 1 aromatic heterocycles. The van der Waals surface area contributed by atoms with Crippen LogP contribution in [-0.4, -0.2) is 42.5 Å². The Kier molecular flexibility index (Phi) is 4.69. The summed E-state index contributed by atoms with van der Waals surface area (Å²) in [6, 6.07) is 2.95. The molecule has 0 aromatic carbocycles. The third kappa shape index (κ3) is 2.98. The maximum Gasteiger partial charge on any atom is 0.244 e. The van der Waals surface area contributed by atoms with Gasteiger partial charge in [0.15, 0.2) is 0 Å². The van der Waals surface area contributed by atoms with Gasteiger partial charge in [-0.25, -0.2) is 13.4 Å². The van der Waals surface area contributed by atoms with Crippen LogP contribution < -0.4 is 0 Å². The van der Waals surface area contributed by atoms with Gasteiger partial charge in [0, 0.05) is 25.9 Å². The highest BCUT2D eigenvalue weighted by Gasteiger charge is 2.37. The molecule has 112 valence electrons. The predicted molar refractivity (Wildman–Crippen MR) is 77.0 cm³/mol. The molecule has 2 rings (SSSR count). The number of nitrogens with zero attached hydrogens (tertiary/aromatic N) is 2. The van der Waals surface area contributed by atoms with Crippen LogP contribution in [0.4, 0.5) is 0 Å². The lowest BCUT2D eigenvalue weighted by Crippen LogP contribution is -2.44. The van der Waals surface area contributed by atoms with Crippen molar-refractivity contribution in [2.75, 3.05) is 19.7 Å². The van der Waals surface area contributed by atoms with Crippen LogP contribution in [0.15, 0.2) is 23.2 Å². The topological polar surface area (TPSA) is 70.5 Å². The molecule has 1 aliphatic heterocycles. The summed E-state index contributed by atoms with van der Waals surface area (Å²) < 4.78 is 26.4. The van der Waals surface area contributed by atoms with E-state index in [4.69, 9.17) is 11.6 Å². The van der Waals surface area contributed by atoms with Crippen LogP contribution in [0.3, 0.4) is 0 Å². The molecule has 1 fully saturated rings. The molecular weight excluding hydrogens is 300 g/mol. The summed E-state index contributed by atoms with van der Waals surface area (Å²) >= 11 is 5.68. The van der Waals surface area contributed by atoms with Gasteiger partial charge in [-0.15, -0.1) is 0 Å². The molecule has 0 saturated carbocycles. The van der Waals surface area contributed by atoms with E-state index in [-0.39, 0.29) is 22.1 Å². The molecule has 7 heteroatoms. The number of halogens is 1. The molecule has 0 spiro atoms. The minimum absolute atomic E-state index is 0.111. The van der Waals surface area contributed by atoms with Crippen LogP contribution in [0, 0.1) is 5.41 Å². The number of aromatic nitrogens is 1. The molecule has 0 atom stereocenters. The number of aliphatic hydroxyl groups excluding tert-OH is 1. The molecule has 0 bridgehead atoms. The van der Waals surface area contributed by atoms with Gasteiger partial charge in [0.05, 0.1) is 0 Å². The zero-order chi connectivity index (χ0) is 14.8. The van der Waals surface area contributed by atoms with E-state index >= 15 is 0 Å². The lowest BCUT2D eigenvalue weighted by Gasteiger charge is -2.39. The number of hydrogen-bond acceptors (Lipinski definition) is 4. The zero-order valence-electron chi connectivity index (χ0n) is 11.4. The molecule has 1 saturated heterocycles. The van der Waals surface area contributed by atoms with Crippen molar-refractivity contribution in [3.63, 3.8) is 0 Å². The Morgan fingerprint density at radius 3 is 2.50 bits per heavy atom. The standard InChI is InChI=1S/C13H19ClN2O3S/c1-2-13(10-17)5-7-16(8-6-13)20(18,19)11-3-4-12(14)15-9-11/h3-4,9,17H,2,5-8,10H2,1H3. The first-order chi connectivity index (χ1) is 9.43. The number of hydrogen-bond donors (Lipinski definition) is 1. The minimum atomic E-state index is -3.51. The summed E-state index contributed by atoms with van der Waals surface area (Å²) in [6.45, 7) is 3.00. The number of rotatable bonds is 4. The average molecular weight is 319 g/mol. The van der Waals surface area contributed by atoms with Gasteiger partial charge >= 0.3 is 0 Å². The van der Waals surface area contributed by atoms with Gasteiger partial charge in [-0.1, -0.05) is 18.5 Å². The van der Waals surface area contributed by atoms with E-state index in [1.54, 1.807) is 0 Å². The Bertz CT molecular complexity index is 545. The smallest absolute Gasteiger partial charge is 0.244 e. The summed E-state index contributed by atoms with van der Waals surface area (Å²) in [5.74, 6) is 0. The summed E-state index contributed by atoms with van der Waals surface area (Å²) in [4.78, 5) is 3.98. The van der Waals surface area contributed by atoms with Crippen molar-refractivity contribution in [3.8, 4) is 0 Å². The molecule has 2 heterocycles. The highest BCUT2D eigenvalue weighted by atomic mass is 35.5. The van der Waals surface area contributed by atoms with Gasteiger partial charge in [-0.3, -0.25) is 0 Å². The molecule has 1 N–H and O–H groups in total. The van der Waals surface area contributed by atoms with E-state index in [1.807, 2.05) is 6.92 Å². The largest absolute Gasteiger partial charge is 0.396 e. The lowest BCUT2D eigenvalue weighted by atomic mass is 9.77. The Labute approximate surface area is 124 Å². The van der Waals surface area contributed by atoms with Crippen molar-refractivity contribution in [2.24, 2.45) is 5.41 Å². The molecule has 0 radical (unpaired) electrons. The SMILES string of the molecule is CCC1(CO)CCN(S(=O)(=O)c2ccc(Cl)nc2)CC1. The van der Waals surface area contributed by atoms with E-state index in [0.717, 1.165) is 6.42 Å². The highest BCUT2D eigenvalue weighted by molar-refractivity contribution is 7.89. The van der Waals surface area contributed by atoms with Crippen LogP contribution in [0.2, 0.25) is 5.15 Å². The van der Waals surface area contributed by atoms with E-state index < -0.39 is 10.0 Å². The van der Waals surface area contributed by atoms with E-state index in [1.165, 1.54) is 22.6 Å². The van der Waals surface area contributed by atoms with Crippen molar-refractivity contribution in [2.45, 2.75) is 31.1 Å². The summed E-state index contributed by atoms with van der Waals surface area (Å²) in [6.07, 6.45) is 3.51. The summed E-state index contributed by atoms with van der Waals surface area (Å²) in [5.41, 5.74) is -0.135. The monoisotopic (exact) mass is 318 g/mol. The maximum atomic E-state index is 12.5. The van der Waals surface area contributed by atoms with Crippen molar-refractivity contribution in [1.29, 1.82) is 0 Å². The molecule has 0 amide bonds. The van der Waals surface area contributed by atoms with Crippen molar-refractivity contribution >= 4 is 21.6 Å². The molecule has 1 aromatic rings. The van der Waals surface area contributed by atoms with Crippen LogP contribution in [0.1, 0.15) is 26.2 Å². The molecule has 20 heavy (non-hydrogen) atoms. The Hall–Kier alpha value is -0.690. The predicted octanol–water partition coefficient (Wildman–Crippen LogP) is 1.91. The molecular formula is C13H19ClN2O3S. The number of pyridine rings is 1. The lowest BCUT2D eigenvalue weighted by molar-refractivity contribution is 0.0647. The minimum Gasteiger partial charge on any atom is -0.396 e. The Morgan fingerprint density at radius 1 is 1.40 bits per heavy atom. The molecule has 0 unspecified atom stereocenters. The van der Waals surface area contributed by atoms with E-state index in [2.05, 4.69) is 4.98 Å². The first-order valence-corrected chi connectivity index (χ1v) is 8.48. The van der Waals surface area contributed by atoms with Crippen molar-refractivity contribution in [1.82, 2.24) is 9.29 Å². The van der Waals surface area contributed by atoms with E-state index in [9.17, 15) is 13.5 Å². The summed E-state index contributed by atoms with van der Waals surface area (Å²) in [5, 5.41) is 9.76. The molecule has 5 nitrogen and oxygen atoms in total. The third-order valence-corrected chi connectivity index (χ3v) is 6.31. The first kappa shape index (κ1) is 15.7. The fraction of sp³-hybridized carbons (Fsp3) is 0.615. The third-order valence-electron chi connectivity index (χ3n) is 4.21. The fourth-order valence-corrected chi connectivity index (χ4v) is 3.99. The second kappa shape index (κ2) is 5.97. The normalized spacial score (nSPS) is 19.9. The zero-order valence-corrected chi connectivity index (χ0v) is 13.0. The van der Waals surface area contributed by atoms with Crippen molar-refractivity contribution < 1.29 is 13.5 Å². The quantitative estimate of drug-likeness (QED) is 0.861. The first-order valence-electron chi connectivity index (χ1n) is 6.66. The van der Waals surface area contributed by atoms with Crippen LogP contribution in [0.25, 0.3) is 0 Å².